The Labute approximate surface area is 193 Å². The van der Waals surface area contributed by atoms with Gasteiger partial charge in [0.1, 0.15) is 17.4 Å². The van der Waals surface area contributed by atoms with Gasteiger partial charge in [-0.15, -0.1) is 0 Å². The molecule has 1 N–H and O–H groups in total. The van der Waals surface area contributed by atoms with Crippen LogP contribution in [0.25, 0.3) is 5.69 Å². The lowest BCUT2D eigenvalue weighted by atomic mass is 10.2. The highest BCUT2D eigenvalue weighted by atomic mass is 19.1. The van der Waals surface area contributed by atoms with E-state index < -0.39 is 6.10 Å². The van der Waals surface area contributed by atoms with E-state index in [2.05, 4.69) is 10.00 Å². The van der Waals surface area contributed by atoms with Gasteiger partial charge in [-0.2, -0.15) is 5.10 Å². The lowest BCUT2D eigenvalue weighted by molar-refractivity contribution is 0.0131. The lowest BCUT2D eigenvalue weighted by Gasteiger charge is -2.29. The Hall–Kier alpha value is -2.81. The molecule has 0 aliphatic carbocycles. The minimum absolute atomic E-state index is 0.133. The quantitative estimate of drug-likeness (QED) is 0.444. The Kier molecular flexibility index (Phi) is 8.55. The highest BCUT2D eigenvalue weighted by Crippen LogP contribution is 2.32. The molecule has 1 unspecified atom stereocenters. The van der Waals surface area contributed by atoms with E-state index in [0.29, 0.717) is 37.0 Å². The minimum Gasteiger partial charge on any atom is -0.439 e. The summed E-state index contributed by atoms with van der Waals surface area (Å²) < 4.78 is 40.1. The number of aliphatic hydroxyl groups is 1. The van der Waals surface area contributed by atoms with Crippen molar-refractivity contribution in [2.24, 2.45) is 0 Å². The van der Waals surface area contributed by atoms with Crippen LogP contribution in [-0.4, -0.2) is 51.7 Å². The van der Waals surface area contributed by atoms with Crippen LogP contribution in [0.3, 0.4) is 0 Å². The molecule has 3 aromatic rings. The second-order valence-corrected chi connectivity index (χ2v) is 8.15. The van der Waals surface area contributed by atoms with Gasteiger partial charge in [-0.3, -0.25) is 4.90 Å². The molecule has 3 rings (SSSR count). The van der Waals surface area contributed by atoms with Crippen molar-refractivity contribution < 1.29 is 23.4 Å². The first-order valence-electron chi connectivity index (χ1n) is 11.1. The van der Waals surface area contributed by atoms with Crippen molar-refractivity contribution in [1.82, 2.24) is 14.7 Å². The van der Waals surface area contributed by atoms with Crippen molar-refractivity contribution in [2.75, 3.05) is 19.8 Å². The summed E-state index contributed by atoms with van der Waals surface area (Å²) in [5.74, 6) is 0.197. The fraction of sp³-hybridized carbons (Fsp3) is 0.400. The molecule has 0 radical (unpaired) electrons. The number of benzene rings is 2. The molecule has 0 bridgehead atoms. The zero-order chi connectivity index (χ0) is 24.0. The molecule has 0 aliphatic rings. The second kappa shape index (κ2) is 11.4. The molecule has 0 saturated heterocycles. The average Bonchev–Trinajstić information content (AvgIpc) is 3.08. The predicted molar refractivity (Wildman–Crippen MR) is 123 cm³/mol. The van der Waals surface area contributed by atoms with Gasteiger partial charge in [0.15, 0.2) is 0 Å². The molecule has 8 heteroatoms. The maximum atomic E-state index is 13.5. The molecule has 178 valence electrons. The van der Waals surface area contributed by atoms with Gasteiger partial charge in [0.2, 0.25) is 5.88 Å². The molecule has 1 aromatic heterocycles. The Morgan fingerprint density at radius 2 is 1.64 bits per heavy atom. The van der Waals surface area contributed by atoms with Gasteiger partial charge in [0, 0.05) is 25.7 Å². The number of aromatic nitrogens is 2. The number of halogens is 2. The summed E-state index contributed by atoms with van der Waals surface area (Å²) in [7, 11) is 0. The monoisotopic (exact) mass is 459 g/mol. The van der Waals surface area contributed by atoms with E-state index in [1.165, 1.54) is 24.3 Å². The van der Waals surface area contributed by atoms with E-state index in [1.807, 2.05) is 27.7 Å². The van der Waals surface area contributed by atoms with Gasteiger partial charge in [0.05, 0.1) is 29.7 Å². The van der Waals surface area contributed by atoms with Crippen molar-refractivity contribution in [2.45, 2.75) is 46.4 Å². The van der Waals surface area contributed by atoms with Gasteiger partial charge in [0.25, 0.3) is 0 Å². The second-order valence-electron chi connectivity index (χ2n) is 8.15. The molecule has 0 spiro atoms. The lowest BCUT2D eigenvalue weighted by Crippen LogP contribution is -2.39. The Morgan fingerprint density at radius 1 is 1.03 bits per heavy atom. The Bertz CT molecular complexity index is 1020. The van der Waals surface area contributed by atoms with Crippen molar-refractivity contribution in [1.29, 1.82) is 0 Å². The van der Waals surface area contributed by atoms with E-state index in [9.17, 15) is 13.9 Å². The molecule has 33 heavy (non-hydrogen) atoms. The standard InChI is InChI=1S/C25H31F2N3O3/c1-5-32-16-22(31)14-29(17(2)3)15-24-18(4)28-30(21-10-6-19(26)7-11-21)25(24)33-23-12-8-20(27)9-13-23/h6-13,17,22,31H,5,14-16H2,1-4H3. The van der Waals surface area contributed by atoms with Gasteiger partial charge in [-0.25, -0.2) is 13.5 Å². The topological polar surface area (TPSA) is 59.8 Å². The van der Waals surface area contributed by atoms with Crippen LogP contribution >= 0.6 is 0 Å². The van der Waals surface area contributed by atoms with Crippen LogP contribution in [0, 0.1) is 18.6 Å². The number of hydrogen-bond donors (Lipinski definition) is 1. The summed E-state index contributed by atoms with van der Waals surface area (Å²) in [6.45, 7) is 9.53. The fourth-order valence-electron chi connectivity index (χ4n) is 3.44. The van der Waals surface area contributed by atoms with Gasteiger partial charge in [-0.1, -0.05) is 0 Å². The van der Waals surface area contributed by atoms with Crippen molar-refractivity contribution in [3.05, 3.63) is 71.4 Å². The fourth-order valence-corrected chi connectivity index (χ4v) is 3.44. The number of aryl methyl sites for hydroxylation is 1. The number of nitrogens with zero attached hydrogens (tertiary/aromatic N) is 3. The van der Waals surface area contributed by atoms with E-state index in [1.54, 1.807) is 28.9 Å². The number of ether oxygens (including phenoxy) is 2. The highest BCUT2D eigenvalue weighted by Gasteiger charge is 2.24. The third-order valence-electron chi connectivity index (χ3n) is 5.29. The van der Waals surface area contributed by atoms with Crippen molar-refractivity contribution >= 4 is 0 Å². The average molecular weight is 460 g/mol. The highest BCUT2D eigenvalue weighted by molar-refractivity contribution is 5.43. The molecule has 1 atom stereocenters. The molecular formula is C25H31F2N3O3. The zero-order valence-corrected chi connectivity index (χ0v) is 19.5. The van der Waals surface area contributed by atoms with Crippen LogP contribution in [-0.2, 0) is 11.3 Å². The van der Waals surface area contributed by atoms with Gasteiger partial charge >= 0.3 is 0 Å². The molecule has 0 saturated carbocycles. The predicted octanol–water partition coefficient (Wildman–Crippen LogP) is 4.86. The van der Waals surface area contributed by atoms with Crippen LogP contribution in [0.4, 0.5) is 8.78 Å². The zero-order valence-electron chi connectivity index (χ0n) is 19.5. The van der Waals surface area contributed by atoms with Crippen molar-refractivity contribution in [3.63, 3.8) is 0 Å². The molecule has 2 aromatic carbocycles. The van der Waals surface area contributed by atoms with Crippen LogP contribution in [0.5, 0.6) is 11.6 Å². The van der Waals surface area contributed by atoms with Crippen LogP contribution in [0.1, 0.15) is 32.0 Å². The van der Waals surface area contributed by atoms with Gasteiger partial charge in [-0.05, 0) is 76.2 Å². The summed E-state index contributed by atoms with van der Waals surface area (Å²) in [5.41, 5.74) is 2.19. The number of rotatable bonds is 11. The van der Waals surface area contributed by atoms with E-state index in [-0.39, 0.29) is 24.3 Å². The maximum Gasteiger partial charge on any atom is 0.227 e. The van der Waals surface area contributed by atoms with Crippen LogP contribution in [0.15, 0.2) is 48.5 Å². The third kappa shape index (κ3) is 6.60. The molecule has 1 heterocycles. The first-order valence-corrected chi connectivity index (χ1v) is 11.1. The molecule has 0 aliphatic heterocycles. The third-order valence-corrected chi connectivity index (χ3v) is 5.29. The Balaban J connectivity index is 1.98. The summed E-state index contributed by atoms with van der Waals surface area (Å²) in [5, 5.41) is 15.0. The smallest absolute Gasteiger partial charge is 0.227 e. The molecule has 0 amide bonds. The summed E-state index contributed by atoms with van der Waals surface area (Å²) in [6, 6.07) is 11.8. The summed E-state index contributed by atoms with van der Waals surface area (Å²) in [4.78, 5) is 2.11. The molecule has 6 nitrogen and oxygen atoms in total. The van der Waals surface area contributed by atoms with Crippen LogP contribution < -0.4 is 4.74 Å². The first-order chi connectivity index (χ1) is 15.8. The maximum absolute atomic E-state index is 13.5. The summed E-state index contributed by atoms with van der Waals surface area (Å²) >= 11 is 0. The molecule has 0 fully saturated rings. The number of aliphatic hydroxyl groups excluding tert-OH is 1. The Morgan fingerprint density at radius 3 is 2.21 bits per heavy atom. The first kappa shape index (κ1) is 24.8. The normalized spacial score (nSPS) is 12.5. The van der Waals surface area contributed by atoms with Crippen molar-refractivity contribution in [3.8, 4) is 17.3 Å². The van der Waals surface area contributed by atoms with Crippen LogP contribution in [0.2, 0.25) is 0 Å². The van der Waals surface area contributed by atoms with E-state index in [4.69, 9.17) is 9.47 Å². The SMILES string of the molecule is CCOCC(O)CN(Cc1c(C)nn(-c2ccc(F)cc2)c1Oc1ccc(F)cc1)C(C)C. The van der Waals surface area contributed by atoms with Gasteiger partial charge < -0.3 is 14.6 Å². The molecular weight excluding hydrogens is 428 g/mol. The minimum atomic E-state index is -0.638. The summed E-state index contributed by atoms with van der Waals surface area (Å²) in [6.07, 6.45) is -0.638. The van der Waals surface area contributed by atoms with E-state index in [0.717, 1.165) is 11.3 Å². The largest absolute Gasteiger partial charge is 0.439 e. The van der Waals surface area contributed by atoms with E-state index >= 15 is 0 Å². The number of hydrogen-bond acceptors (Lipinski definition) is 5.